The lowest BCUT2D eigenvalue weighted by atomic mass is 9.90. The maximum atomic E-state index is 9.78. The van der Waals surface area contributed by atoms with Gasteiger partial charge in [0.25, 0.3) is 0 Å². The molecular formula is C32H26NO4+. The number of hydrogen-bond acceptors (Lipinski definition) is 4. The summed E-state index contributed by atoms with van der Waals surface area (Å²) in [5.41, 5.74) is 8.77. The van der Waals surface area contributed by atoms with Crippen LogP contribution in [0.3, 0.4) is 0 Å². The first-order chi connectivity index (χ1) is 18.2. The number of aromatic nitrogens is 1. The molecule has 0 fully saturated rings. The van der Waals surface area contributed by atoms with E-state index in [4.69, 9.17) is 14.2 Å². The zero-order valence-corrected chi connectivity index (χ0v) is 20.5. The van der Waals surface area contributed by atoms with Crippen LogP contribution >= 0.6 is 0 Å². The summed E-state index contributed by atoms with van der Waals surface area (Å²) in [4.78, 5) is 0. The van der Waals surface area contributed by atoms with Crippen LogP contribution in [0.15, 0.2) is 85.1 Å². The van der Waals surface area contributed by atoms with Gasteiger partial charge in [-0.1, -0.05) is 66.7 Å². The lowest BCUT2D eigenvalue weighted by Gasteiger charge is -2.20. The van der Waals surface area contributed by atoms with E-state index >= 15 is 0 Å². The fourth-order valence-corrected chi connectivity index (χ4v) is 5.68. The Morgan fingerprint density at radius 2 is 1.59 bits per heavy atom. The van der Waals surface area contributed by atoms with Crippen molar-refractivity contribution in [3.8, 4) is 50.8 Å². The predicted molar refractivity (Wildman–Crippen MR) is 143 cm³/mol. The number of aryl methyl sites for hydroxylation is 1. The quantitative estimate of drug-likeness (QED) is 0.320. The molecule has 0 aliphatic carbocycles. The predicted octanol–water partition coefficient (Wildman–Crippen LogP) is 5.91. The van der Waals surface area contributed by atoms with Crippen molar-refractivity contribution in [2.45, 2.75) is 19.6 Å². The number of methoxy groups -OCH3 is 1. The van der Waals surface area contributed by atoms with Crippen LogP contribution in [0.1, 0.15) is 11.1 Å². The van der Waals surface area contributed by atoms with Crippen LogP contribution in [0.5, 0.6) is 17.2 Å². The molecule has 1 N–H and O–H groups in total. The van der Waals surface area contributed by atoms with Crippen molar-refractivity contribution in [2.24, 2.45) is 0 Å². The third-order valence-corrected chi connectivity index (χ3v) is 7.50. The second-order valence-corrected chi connectivity index (χ2v) is 9.48. The van der Waals surface area contributed by atoms with Crippen LogP contribution in [0.2, 0.25) is 0 Å². The van der Waals surface area contributed by atoms with E-state index in [2.05, 4.69) is 77.5 Å². The summed E-state index contributed by atoms with van der Waals surface area (Å²) in [5, 5.41) is 11.8. The molecule has 0 saturated heterocycles. The molecule has 0 unspecified atom stereocenters. The molecule has 2 aliphatic heterocycles. The summed E-state index contributed by atoms with van der Waals surface area (Å²) in [7, 11) is 1.66. The summed E-state index contributed by atoms with van der Waals surface area (Å²) in [6.45, 7) is 1.00. The minimum atomic E-state index is -0.0560. The SMILES string of the molecule is COc1c(CO)ccc2cc3[n+](cc12)CCc1c-3cc(-c2ccc(-c3ccccc3)cc2)c2c1OCO2. The van der Waals surface area contributed by atoms with Gasteiger partial charge in [-0.25, -0.2) is 0 Å². The van der Waals surface area contributed by atoms with Gasteiger partial charge in [0, 0.05) is 29.2 Å². The fraction of sp³-hybridized carbons (Fsp3) is 0.156. The minimum absolute atomic E-state index is 0.0560. The Labute approximate surface area is 215 Å². The van der Waals surface area contributed by atoms with Crippen molar-refractivity contribution < 1.29 is 23.9 Å². The van der Waals surface area contributed by atoms with Crippen LogP contribution in [0, 0.1) is 0 Å². The molecule has 5 heteroatoms. The first kappa shape index (κ1) is 21.9. The molecule has 0 spiro atoms. The van der Waals surface area contributed by atoms with Crippen LogP contribution < -0.4 is 18.8 Å². The summed E-state index contributed by atoms with van der Waals surface area (Å²) >= 11 is 0. The molecule has 1 aromatic heterocycles. The van der Waals surface area contributed by atoms with Gasteiger partial charge in [-0.3, -0.25) is 0 Å². The van der Waals surface area contributed by atoms with Gasteiger partial charge in [-0.2, -0.15) is 4.57 Å². The molecule has 0 saturated carbocycles. The normalized spacial score (nSPS) is 13.4. The number of aliphatic hydroxyl groups excluding tert-OH is 1. The van der Waals surface area contributed by atoms with E-state index < -0.39 is 0 Å². The van der Waals surface area contributed by atoms with Gasteiger partial charge in [0.05, 0.1) is 24.7 Å². The minimum Gasteiger partial charge on any atom is -0.495 e. The summed E-state index contributed by atoms with van der Waals surface area (Å²) < 4.78 is 20.0. The molecular weight excluding hydrogens is 462 g/mol. The summed E-state index contributed by atoms with van der Waals surface area (Å²) in [6.07, 6.45) is 2.99. The number of aliphatic hydroxyl groups is 1. The Balaban J connectivity index is 1.39. The molecule has 7 rings (SSSR count). The smallest absolute Gasteiger partial charge is 0.231 e. The van der Waals surface area contributed by atoms with Crippen LogP contribution in [0.4, 0.5) is 0 Å². The Kier molecular flexibility index (Phi) is 5.11. The maximum absolute atomic E-state index is 9.78. The second kappa shape index (κ2) is 8.64. The Bertz CT molecular complexity index is 1660. The Morgan fingerprint density at radius 3 is 2.38 bits per heavy atom. The largest absolute Gasteiger partial charge is 0.495 e. The molecule has 5 aromatic rings. The lowest BCUT2D eigenvalue weighted by molar-refractivity contribution is -0.686. The molecule has 5 nitrogen and oxygen atoms in total. The number of pyridine rings is 1. The number of nitrogens with zero attached hydrogens (tertiary/aromatic N) is 1. The van der Waals surface area contributed by atoms with Gasteiger partial charge >= 0.3 is 0 Å². The average Bonchev–Trinajstić information content (AvgIpc) is 3.46. The van der Waals surface area contributed by atoms with Crippen molar-refractivity contribution in [1.29, 1.82) is 0 Å². The maximum Gasteiger partial charge on any atom is 0.231 e. The van der Waals surface area contributed by atoms with E-state index in [0.717, 1.165) is 68.9 Å². The number of hydrogen-bond donors (Lipinski definition) is 1. The molecule has 0 atom stereocenters. The van der Waals surface area contributed by atoms with Gasteiger partial charge in [-0.05, 0) is 28.1 Å². The van der Waals surface area contributed by atoms with Crippen LogP contribution in [0.25, 0.3) is 44.3 Å². The molecule has 0 radical (unpaired) electrons. The highest BCUT2D eigenvalue weighted by Crippen LogP contribution is 2.49. The molecule has 2 aliphatic rings. The molecule has 0 amide bonds. The number of fused-ring (bicyclic) bond motifs is 6. The van der Waals surface area contributed by atoms with Gasteiger partial charge < -0.3 is 19.3 Å². The van der Waals surface area contributed by atoms with E-state index in [1.807, 2.05) is 12.1 Å². The monoisotopic (exact) mass is 488 g/mol. The Morgan fingerprint density at radius 1 is 0.838 bits per heavy atom. The first-order valence-corrected chi connectivity index (χ1v) is 12.5. The molecule has 4 aromatic carbocycles. The standard InChI is InChI=1S/C32H26NO4/c1-35-30-24(18-34)12-11-23-15-29-27-16-26(22-9-7-21(8-10-22)20-5-3-2-4-6-20)32-31(36-19-37-32)25(27)13-14-33(29)17-28(23)30/h2-12,15-17,34H,13-14,18-19H2,1H3/q+1. The van der Waals surface area contributed by atoms with Gasteiger partial charge in [0.1, 0.15) is 5.75 Å². The molecule has 0 bridgehead atoms. The third kappa shape index (κ3) is 3.46. The van der Waals surface area contributed by atoms with E-state index in [-0.39, 0.29) is 13.4 Å². The number of ether oxygens (including phenoxy) is 3. The number of benzene rings is 4. The van der Waals surface area contributed by atoms with Gasteiger partial charge in [-0.15, -0.1) is 0 Å². The topological polar surface area (TPSA) is 51.8 Å². The fourth-order valence-electron chi connectivity index (χ4n) is 5.68. The number of rotatable bonds is 4. The molecule has 3 heterocycles. The van der Waals surface area contributed by atoms with Crippen LogP contribution in [-0.2, 0) is 19.6 Å². The van der Waals surface area contributed by atoms with E-state index in [1.165, 1.54) is 16.7 Å². The highest BCUT2D eigenvalue weighted by Gasteiger charge is 2.33. The zero-order valence-electron chi connectivity index (χ0n) is 20.5. The highest BCUT2D eigenvalue weighted by atomic mass is 16.7. The van der Waals surface area contributed by atoms with Crippen molar-refractivity contribution >= 4 is 10.8 Å². The second-order valence-electron chi connectivity index (χ2n) is 9.48. The summed E-state index contributed by atoms with van der Waals surface area (Å²) in [5.74, 6) is 2.42. The first-order valence-electron chi connectivity index (χ1n) is 12.5. The highest BCUT2D eigenvalue weighted by molar-refractivity contribution is 5.92. The summed E-state index contributed by atoms with van der Waals surface area (Å²) in [6, 6.07) is 27.5. The average molecular weight is 489 g/mol. The van der Waals surface area contributed by atoms with Crippen molar-refractivity contribution in [3.05, 3.63) is 96.2 Å². The molecule has 37 heavy (non-hydrogen) atoms. The van der Waals surface area contributed by atoms with E-state index in [0.29, 0.717) is 0 Å². The molecule has 182 valence electrons. The third-order valence-electron chi connectivity index (χ3n) is 7.50. The van der Waals surface area contributed by atoms with Crippen molar-refractivity contribution in [3.63, 3.8) is 0 Å². The lowest BCUT2D eigenvalue weighted by Crippen LogP contribution is -2.40. The van der Waals surface area contributed by atoms with Crippen molar-refractivity contribution in [2.75, 3.05) is 13.9 Å². The van der Waals surface area contributed by atoms with E-state index in [9.17, 15) is 5.11 Å². The van der Waals surface area contributed by atoms with Gasteiger partial charge in [0.15, 0.2) is 24.2 Å². The van der Waals surface area contributed by atoms with Crippen molar-refractivity contribution in [1.82, 2.24) is 0 Å². The van der Waals surface area contributed by atoms with Gasteiger partial charge in [0.2, 0.25) is 12.5 Å². The Hall–Kier alpha value is -4.35. The zero-order chi connectivity index (χ0) is 24.9. The van der Waals surface area contributed by atoms with E-state index in [1.54, 1.807) is 7.11 Å². The van der Waals surface area contributed by atoms with Crippen LogP contribution in [-0.4, -0.2) is 19.0 Å².